The molecule has 122 valence electrons. The van der Waals surface area contributed by atoms with E-state index in [9.17, 15) is 18.6 Å². The predicted molar refractivity (Wildman–Crippen MR) is 71.7 cm³/mol. The molecule has 1 aliphatic rings. The van der Waals surface area contributed by atoms with Crippen LogP contribution in [0.4, 0.5) is 0 Å². The monoisotopic (exact) mass is 364 g/mol. The summed E-state index contributed by atoms with van der Waals surface area (Å²) in [6.07, 6.45) is -0.0615. The van der Waals surface area contributed by atoms with Crippen LogP contribution in [0.3, 0.4) is 0 Å². The number of ether oxygens (including phenoxy) is 1. The third-order valence-corrected chi connectivity index (χ3v) is 6.62. The second-order valence-corrected chi connectivity index (χ2v) is 9.67. The third kappa shape index (κ3) is 7.52. The molecule has 0 bridgehead atoms. The van der Waals surface area contributed by atoms with E-state index in [0.717, 1.165) is 0 Å². The van der Waals surface area contributed by atoms with E-state index in [-0.39, 0.29) is 5.92 Å². The lowest BCUT2D eigenvalue weighted by molar-refractivity contribution is 0.0272. The first-order chi connectivity index (χ1) is 9.30. The Morgan fingerprint density at radius 3 is 2.19 bits per heavy atom. The lowest BCUT2D eigenvalue weighted by atomic mass is 9.92. The zero-order valence-electron chi connectivity index (χ0n) is 11.3. The summed E-state index contributed by atoms with van der Waals surface area (Å²) >= 11 is 0. The fraction of sp³-hybridized carbons (Fsp3) is 1.00. The van der Waals surface area contributed by atoms with E-state index in [1.54, 1.807) is 6.92 Å². The average molecular weight is 364 g/mol. The van der Waals surface area contributed by atoms with Crippen LogP contribution >= 0.6 is 23.2 Å². The molecule has 1 fully saturated rings. The van der Waals surface area contributed by atoms with E-state index >= 15 is 0 Å². The Hall–Kier alpha value is 0.475. The molecule has 1 rings (SSSR count). The number of hydrogen-bond acceptors (Lipinski definition) is 7. The maximum atomic E-state index is 11.5. The minimum Gasteiger partial charge on any atom is -0.382 e. The van der Waals surface area contributed by atoms with Crippen molar-refractivity contribution in [3.63, 3.8) is 0 Å². The molecule has 0 aromatic carbocycles. The minimum absolute atomic E-state index is 0.0505. The highest BCUT2D eigenvalue weighted by atomic mass is 31.3. The zero-order valence-corrected chi connectivity index (χ0v) is 13.9. The van der Waals surface area contributed by atoms with Crippen molar-refractivity contribution in [2.75, 3.05) is 13.3 Å². The first-order valence-corrected chi connectivity index (χ1v) is 10.8. The zero-order chi connectivity index (χ0) is 16.5. The highest BCUT2D eigenvalue weighted by molar-refractivity contribution is 7.68. The van der Waals surface area contributed by atoms with Crippen molar-refractivity contribution in [1.82, 2.24) is 0 Å². The van der Waals surface area contributed by atoms with Crippen molar-refractivity contribution in [3.05, 3.63) is 0 Å². The molecule has 10 nitrogen and oxygen atoms in total. The van der Waals surface area contributed by atoms with Crippen LogP contribution in [-0.4, -0.2) is 47.9 Å². The van der Waals surface area contributed by atoms with Gasteiger partial charge < -0.3 is 19.4 Å². The molecule has 14 heteroatoms. The largest absolute Gasteiger partial charge is 0.488 e. The Morgan fingerprint density at radius 2 is 1.76 bits per heavy atom. The molecular weight excluding hydrogens is 348 g/mol. The molecule has 0 amide bonds. The summed E-state index contributed by atoms with van der Waals surface area (Å²) in [4.78, 5) is 27.2. The number of rotatable bonds is 7. The van der Waals surface area contributed by atoms with Crippen LogP contribution < -0.4 is 0 Å². The van der Waals surface area contributed by atoms with Gasteiger partial charge in [-0.15, -0.1) is 0 Å². The van der Waals surface area contributed by atoms with E-state index < -0.39 is 42.0 Å². The molecular formula is C7H16BO10P3. The van der Waals surface area contributed by atoms with Crippen LogP contribution in [-0.2, 0) is 31.6 Å². The van der Waals surface area contributed by atoms with Gasteiger partial charge in [-0.3, -0.25) is 9.09 Å². The highest BCUT2D eigenvalue weighted by Gasteiger charge is 2.40. The molecule has 0 aliphatic carbocycles. The molecule has 1 heterocycles. The summed E-state index contributed by atoms with van der Waals surface area (Å²) in [5.41, 5.74) is 0. The highest BCUT2D eigenvalue weighted by Crippen LogP contribution is 2.66. The summed E-state index contributed by atoms with van der Waals surface area (Å²) in [5.74, 6) is -0.0505. The van der Waals surface area contributed by atoms with Gasteiger partial charge in [0.1, 0.15) is 7.85 Å². The van der Waals surface area contributed by atoms with Gasteiger partial charge in [-0.2, -0.15) is 4.31 Å². The Labute approximate surface area is 122 Å². The van der Waals surface area contributed by atoms with Crippen molar-refractivity contribution >= 4 is 31.1 Å². The van der Waals surface area contributed by atoms with E-state index in [2.05, 4.69) is 13.1 Å². The second kappa shape index (κ2) is 6.93. The number of phosphoric acid groups is 2. The van der Waals surface area contributed by atoms with Crippen molar-refractivity contribution in [3.8, 4) is 0 Å². The maximum Gasteiger partial charge on any atom is 0.488 e. The van der Waals surface area contributed by atoms with Gasteiger partial charge in [0.15, 0.2) is 0 Å². The number of hydrogen-bond donors (Lipinski definition) is 3. The molecule has 6 atom stereocenters. The van der Waals surface area contributed by atoms with Gasteiger partial charge in [-0.05, 0) is 12.3 Å². The van der Waals surface area contributed by atoms with E-state index in [4.69, 9.17) is 22.4 Å². The van der Waals surface area contributed by atoms with Crippen LogP contribution in [0.25, 0.3) is 0 Å². The van der Waals surface area contributed by atoms with Gasteiger partial charge in [0.05, 0.1) is 12.7 Å². The second-order valence-electron chi connectivity index (χ2n) is 4.63. The fourth-order valence-corrected chi connectivity index (χ4v) is 5.15. The normalized spacial score (nSPS) is 34.8. The Kier molecular flexibility index (Phi) is 6.44. The van der Waals surface area contributed by atoms with Crippen LogP contribution in [0.2, 0.25) is 0 Å². The van der Waals surface area contributed by atoms with Crippen LogP contribution in [0.5, 0.6) is 0 Å². The lowest BCUT2D eigenvalue weighted by Crippen LogP contribution is -2.21. The Morgan fingerprint density at radius 1 is 1.19 bits per heavy atom. The van der Waals surface area contributed by atoms with Crippen molar-refractivity contribution in [1.29, 1.82) is 0 Å². The molecule has 0 saturated carbocycles. The molecule has 0 aromatic rings. The molecule has 0 aromatic heterocycles. The average Bonchev–Trinajstić information content (AvgIpc) is 2.48. The number of phosphoric ester groups is 1. The van der Waals surface area contributed by atoms with Gasteiger partial charge >= 0.3 is 23.2 Å². The van der Waals surface area contributed by atoms with Gasteiger partial charge in [-0.1, -0.05) is 6.92 Å². The summed E-state index contributed by atoms with van der Waals surface area (Å²) in [5, 5.41) is 0. The van der Waals surface area contributed by atoms with Crippen molar-refractivity contribution < 1.29 is 46.3 Å². The van der Waals surface area contributed by atoms with Crippen molar-refractivity contribution in [2.24, 2.45) is 5.92 Å². The molecule has 1 aliphatic heterocycles. The molecule has 2 radical (unpaired) electrons. The Balaban J connectivity index is 2.56. The van der Waals surface area contributed by atoms with Gasteiger partial charge in [0.2, 0.25) is 0 Å². The smallest absolute Gasteiger partial charge is 0.382 e. The quantitative estimate of drug-likeness (QED) is 0.441. The van der Waals surface area contributed by atoms with Crippen molar-refractivity contribution in [2.45, 2.75) is 25.5 Å². The third-order valence-electron chi connectivity index (χ3n) is 2.45. The topological polar surface area (TPSA) is 149 Å². The molecule has 21 heavy (non-hydrogen) atoms. The molecule has 3 unspecified atom stereocenters. The maximum absolute atomic E-state index is 11.5. The molecule has 0 spiro atoms. The fourth-order valence-electron chi connectivity index (χ4n) is 1.66. The lowest BCUT2D eigenvalue weighted by Gasteiger charge is -2.19. The molecule has 1 saturated heterocycles. The first kappa shape index (κ1) is 19.5. The van der Waals surface area contributed by atoms with Crippen LogP contribution in [0.15, 0.2) is 0 Å². The van der Waals surface area contributed by atoms with Gasteiger partial charge in [0, 0.05) is 12.7 Å². The minimum atomic E-state index is -5.24. The summed E-state index contributed by atoms with van der Waals surface area (Å²) in [7, 11) is -9.11. The Bertz CT molecular complexity index is 505. The van der Waals surface area contributed by atoms with Gasteiger partial charge in [-0.25, -0.2) is 13.4 Å². The summed E-state index contributed by atoms with van der Waals surface area (Å²) in [6, 6.07) is -0.528. The van der Waals surface area contributed by atoms with E-state index in [0.29, 0.717) is 13.1 Å². The summed E-state index contributed by atoms with van der Waals surface area (Å²) < 4.78 is 51.0. The standard InChI is InChI=1S/C7H16BO10P3/c1-5-3-7(8)16-6(5)4-15-20(11,12)18-21(13,14)17-19(2,9)10/h5-7H,3-4H2,1-2H3,(H,9,10)(H,11,12)(H,13,14)/t5-,6-,7-/m1/s1. The SMILES string of the molecule is [B][C@H]1C[C@@H](C)[C@@H](COP(=O)(O)OP(=O)(O)OP(C)(=O)O)O1. The van der Waals surface area contributed by atoms with E-state index in [1.807, 2.05) is 0 Å². The van der Waals surface area contributed by atoms with Crippen LogP contribution in [0.1, 0.15) is 13.3 Å². The van der Waals surface area contributed by atoms with Crippen LogP contribution in [0, 0.1) is 5.92 Å². The first-order valence-electron chi connectivity index (χ1n) is 5.74. The van der Waals surface area contributed by atoms with E-state index in [1.165, 1.54) is 0 Å². The van der Waals surface area contributed by atoms with Gasteiger partial charge in [0.25, 0.3) is 0 Å². The predicted octanol–water partition coefficient (Wildman–Crippen LogP) is 0.972. The molecule has 3 N–H and O–H groups in total. The summed E-state index contributed by atoms with van der Waals surface area (Å²) in [6.45, 7) is 1.98.